The van der Waals surface area contributed by atoms with Gasteiger partial charge < -0.3 is 5.11 Å². The van der Waals surface area contributed by atoms with Gasteiger partial charge in [-0.05, 0) is 50.7 Å². The molecule has 1 aromatic rings. The Morgan fingerprint density at radius 1 is 1.33 bits per heavy atom. The predicted octanol–water partition coefficient (Wildman–Crippen LogP) is 1.89. The average Bonchev–Trinajstić information content (AvgIpc) is 2.76. The van der Waals surface area contributed by atoms with Gasteiger partial charge in [-0.25, -0.2) is 13.1 Å². The molecule has 1 saturated carbocycles. The highest BCUT2D eigenvalue weighted by molar-refractivity contribution is 7.91. The van der Waals surface area contributed by atoms with Gasteiger partial charge in [0.1, 0.15) is 4.21 Å². The van der Waals surface area contributed by atoms with Crippen LogP contribution in [0.4, 0.5) is 0 Å². The Bertz CT molecular complexity index is 487. The van der Waals surface area contributed by atoms with Crippen LogP contribution in [0.3, 0.4) is 0 Å². The van der Waals surface area contributed by atoms with Crippen LogP contribution in [0.25, 0.3) is 0 Å². The van der Waals surface area contributed by atoms with Crippen LogP contribution in [0.2, 0.25) is 0 Å². The van der Waals surface area contributed by atoms with E-state index in [2.05, 4.69) is 4.72 Å². The van der Waals surface area contributed by atoms with Crippen LogP contribution in [-0.4, -0.2) is 26.2 Å². The lowest BCUT2D eigenvalue weighted by Crippen LogP contribution is -2.31. The molecule has 1 aliphatic carbocycles. The zero-order valence-corrected chi connectivity index (χ0v) is 12.1. The summed E-state index contributed by atoms with van der Waals surface area (Å²) in [6.07, 6.45) is 3.16. The van der Waals surface area contributed by atoms with Crippen molar-refractivity contribution in [1.29, 1.82) is 0 Å². The fourth-order valence-electron chi connectivity index (χ4n) is 2.20. The van der Waals surface area contributed by atoms with Crippen LogP contribution in [0, 0.1) is 12.8 Å². The second-order valence-corrected chi connectivity index (χ2v) is 8.17. The van der Waals surface area contributed by atoms with Gasteiger partial charge in [-0.1, -0.05) is 0 Å². The molecule has 0 amide bonds. The maximum atomic E-state index is 12.0. The summed E-state index contributed by atoms with van der Waals surface area (Å²) in [7, 11) is -3.35. The molecule has 0 unspecified atom stereocenters. The molecule has 1 aliphatic rings. The molecule has 0 spiro atoms. The highest BCUT2D eigenvalue weighted by Gasteiger charge is 2.22. The standard InChI is InChI=1S/C12H19NO3S2/c1-9-2-7-12(17-9)18(15,16)13-8-10-3-5-11(14)6-4-10/h2,7,10-11,13-14H,3-6,8H2,1H3. The zero-order chi connectivity index (χ0) is 13.2. The third-order valence-corrected chi connectivity index (χ3v) is 6.27. The number of nitrogens with one attached hydrogen (secondary N) is 1. The van der Waals surface area contributed by atoms with Crippen molar-refractivity contribution in [2.75, 3.05) is 6.54 Å². The maximum Gasteiger partial charge on any atom is 0.250 e. The normalized spacial score (nSPS) is 25.2. The number of aryl methyl sites for hydroxylation is 1. The van der Waals surface area contributed by atoms with E-state index >= 15 is 0 Å². The first-order valence-corrected chi connectivity index (χ1v) is 8.51. The van der Waals surface area contributed by atoms with Gasteiger partial charge in [0.25, 0.3) is 0 Å². The molecule has 4 nitrogen and oxygen atoms in total. The summed E-state index contributed by atoms with van der Waals surface area (Å²) >= 11 is 1.29. The summed E-state index contributed by atoms with van der Waals surface area (Å²) in [6, 6.07) is 3.46. The molecule has 102 valence electrons. The number of sulfonamides is 1. The summed E-state index contributed by atoms with van der Waals surface area (Å²) < 4.78 is 27.1. The number of hydrogen-bond acceptors (Lipinski definition) is 4. The van der Waals surface area contributed by atoms with Gasteiger partial charge in [-0.15, -0.1) is 11.3 Å². The number of hydrogen-bond donors (Lipinski definition) is 2. The molecule has 1 fully saturated rings. The summed E-state index contributed by atoms with van der Waals surface area (Å²) in [5, 5.41) is 9.40. The predicted molar refractivity (Wildman–Crippen MR) is 72.2 cm³/mol. The van der Waals surface area contributed by atoms with Crippen molar-refractivity contribution in [3.63, 3.8) is 0 Å². The van der Waals surface area contributed by atoms with Crippen molar-refractivity contribution in [2.24, 2.45) is 5.92 Å². The van der Waals surface area contributed by atoms with Crippen LogP contribution >= 0.6 is 11.3 Å². The minimum absolute atomic E-state index is 0.196. The number of rotatable bonds is 4. The van der Waals surface area contributed by atoms with E-state index in [-0.39, 0.29) is 6.10 Å². The van der Waals surface area contributed by atoms with E-state index in [1.54, 1.807) is 6.07 Å². The van der Waals surface area contributed by atoms with Gasteiger partial charge in [-0.2, -0.15) is 0 Å². The minimum atomic E-state index is -3.35. The second-order valence-electron chi connectivity index (χ2n) is 4.89. The minimum Gasteiger partial charge on any atom is -0.393 e. The molecule has 1 heterocycles. The first kappa shape index (κ1) is 14.0. The average molecular weight is 289 g/mol. The van der Waals surface area contributed by atoms with Gasteiger partial charge in [0.2, 0.25) is 10.0 Å². The van der Waals surface area contributed by atoms with E-state index in [0.717, 1.165) is 30.6 Å². The quantitative estimate of drug-likeness (QED) is 0.889. The Hall–Kier alpha value is -0.430. The monoisotopic (exact) mass is 289 g/mol. The van der Waals surface area contributed by atoms with E-state index < -0.39 is 10.0 Å². The van der Waals surface area contributed by atoms with E-state index in [1.165, 1.54) is 11.3 Å². The van der Waals surface area contributed by atoms with E-state index in [4.69, 9.17) is 0 Å². The van der Waals surface area contributed by atoms with Crippen LogP contribution in [0.5, 0.6) is 0 Å². The zero-order valence-electron chi connectivity index (χ0n) is 10.4. The third kappa shape index (κ3) is 3.54. The molecule has 0 aromatic carbocycles. The fourth-order valence-corrected chi connectivity index (χ4v) is 4.65. The van der Waals surface area contributed by atoms with Crippen molar-refractivity contribution in [2.45, 2.75) is 42.9 Å². The highest BCUT2D eigenvalue weighted by atomic mass is 32.2. The molecule has 0 bridgehead atoms. The summed E-state index contributed by atoms with van der Waals surface area (Å²) in [5.41, 5.74) is 0. The first-order chi connectivity index (χ1) is 8.47. The van der Waals surface area contributed by atoms with Gasteiger partial charge >= 0.3 is 0 Å². The smallest absolute Gasteiger partial charge is 0.250 e. The molecule has 2 N–H and O–H groups in total. The Balaban J connectivity index is 1.90. The third-order valence-electron chi connectivity index (χ3n) is 3.36. The number of aliphatic hydroxyl groups excluding tert-OH is 1. The SMILES string of the molecule is Cc1ccc(S(=O)(=O)NCC2CCC(O)CC2)s1. The van der Waals surface area contributed by atoms with E-state index in [1.807, 2.05) is 13.0 Å². The molecular weight excluding hydrogens is 270 g/mol. The van der Waals surface area contributed by atoms with Crippen molar-refractivity contribution in [3.05, 3.63) is 17.0 Å². The first-order valence-electron chi connectivity index (χ1n) is 6.21. The van der Waals surface area contributed by atoms with Crippen molar-refractivity contribution in [1.82, 2.24) is 4.72 Å². The van der Waals surface area contributed by atoms with Gasteiger partial charge in [0.05, 0.1) is 6.10 Å². The molecule has 18 heavy (non-hydrogen) atoms. The van der Waals surface area contributed by atoms with Crippen LogP contribution in [0.1, 0.15) is 30.6 Å². The Morgan fingerprint density at radius 3 is 2.56 bits per heavy atom. The molecule has 1 aromatic heterocycles. The van der Waals surface area contributed by atoms with E-state index in [0.29, 0.717) is 16.7 Å². The molecule has 2 rings (SSSR count). The topological polar surface area (TPSA) is 66.4 Å². The van der Waals surface area contributed by atoms with Gasteiger partial charge in [-0.3, -0.25) is 0 Å². The Labute approximate surface area is 112 Å². The second kappa shape index (κ2) is 5.69. The van der Waals surface area contributed by atoms with Crippen molar-refractivity contribution >= 4 is 21.4 Å². The van der Waals surface area contributed by atoms with Crippen molar-refractivity contribution in [3.8, 4) is 0 Å². The summed E-state index contributed by atoms with van der Waals surface area (Å²) in [5.74, 6) is 0.351. The number of aliphatic hydroxyl groups is 1. The number of thiophene rings is 1. The molecule has 0 atom stereocenters. The Morgan fingerprint density at radius 2 is 2.00 bits per heavy atom. The largest absolute Gasteiger partial charge is 0.393 e. The Kier molecular flexibility index (Phi) is 4.42. The lowest BCUT2D eigenvalue weighted by Gasteiger charge is -2.25. The molecule has 0 radical (unpaired) electrons. The van der Waals surface area contributed by atoms with Gasteiger partial charge in [0, 0.05) is 11.4 Å². The van der Waals surface area contributed by atoms with Gasteiger partial charge in [0.15, 0.2) is 0 Å². The molecule has 0 aliphatic heterocycles. The lowest BCUT2D eigenvalue weighted by atomic mass is 9.88. The lowest BCUT2D eigenvalue weighted by molar-refractivity contribution is 0.110. The molecule has 0 saturated heterocycles. The maximum absolute atomic E-state index is 12.0. The highest BCUT2D eigenvalue weighted by Crippen LogP contribution is 2.25. The summed E-state index contributed by atoms with van der Waals surface area (Å²) in [6.45, 7) is 2.37. The van der Waals surface area contributed by atoms with E-state index in [9.17, 15) is 13.5 Å². The van der Waals surface area contributed by atoms with Crippen molar-refractivity contribution < 1.29 is 13.5 Å². The fraction of sp³-hybridized carbons (Fsp3) is 0.667. The summed E-state index contributed by atoms with van der Waals surface area (Å²) in [4.78, 5) is 0.996. The van der Waals surface area contributed by atoms with Crippen LogP contribution in [0.15, 0.2) is 16.3 Å². The molecule has 6 heteroatoms. The van der Waals surface area contributed by atoms with Crippen LogP contribution in [-0.2, 0) is 10.0 Å². The van der Waals surface area contributed by atoms with Crippen LogP contribution < -0.4 is 4.72 Å². The molecular formula is C12H19NO3S2.